The van der Waals surface area contributed by atoms with Crippen molar-refractivity contribution in [3.05, 3.63) is 65.2 Å². The molecule has 136 valence electrons. The van der Waals surface area contributed by atoms with E-state index in [2.05, 4.69) is 5.32 Å². The van der Waals surface area contributed by atoms with E-state index in [4.69, 9.17) is 0 Å². The van der Waals surface area contributed by atoms with Crippen molar-refractivity contribution in [2.45, 2.75) is 13.8 Å². The van der Waals surface area contributed by atoms with E-state index in [0.717, 1.165) is 35.5 Å². The normalized spacial score (nSPS) is 14.9. The summed E-state index contributed by atoms with van der Waals surface area (Å²) in [4.78, 5) is 27.9. The number of piperazine rings is 1. The standard InChI is InChI=1S/C21H25N3O2/c1-16-8-9-17(2)19(14-16)22-20(25)15-23-10-12-24(13-11-23)21(26)18-6-4-3-5-7-18/h3-9,14H,10-13,15H2,1-2H3,(H,22,25)/p+1. The Kier molecular flexibility index (Phi) is 5.68. The molecule has 3 rings (SSSR count). The fraction of sp³-hybridized carbons (Fsp3) is 0.333. The average molecular weight is 352 g/mol. The summed E-state index contributed by atoms with van der Waals surface area (Å²) in [5.41, 5.74) is 3.81. The second-order valence-electron chi connectivity index (χ2n) is 6.95. The second-order valence-corrected chi connectivity index (χ2v) is 6.95. The number of aryl methyl sites for hydroxylation is 2. The molecule has 1 fully saturated rings. The van der Waals surface area contributed by atoms with E-state index in [1.807, 2.05) is 67.3 Å². The van der Waals surface area contributed by atoms with Crippen LogP contribution in [-0.2, 0) is 4.79 Å². The van der Waals surface area contributed by atoms with Crippen LogP contribution < -0.4 is 10.2 Å². The van der Waals surface area contributed by atoms with Gasteiger partial charge in [0.1, 0.15) is 0 Å². The van der Waals surface area contributed by atoms with E-state index >= 15 is 0 Å². The highest BCUT2D eigenvalue weighted by atomic mass is 16.2. The number of hydrogen-bond acceptors (Lipinski definition) is 2. The lowest BCUT2D eigenvalue weighted by atomic mass is 10.1. The topological polar surface area (TPSA) is 53.9 Å². The molecular weight excluding hydrogens is 326 g/mol. The van der Waals surface area contributed by atoms with E-state index in [9.17, 15) is 9.59 Å². The van der Waals surface area contributed by atoms with Crippen LogP contribution in [0, 0.1) is 13.8 Å². The zero-order valence-corrected chi connectivity index (χ0v) is 15.4. The number of carbonyl (C=O) groups excluding carboxylic acids is 2. The van der Waals surface area contributed by atoms with Gasteiger partial charge in [-0.2, -0.15) is 0 Å². The van der Waals surface area contributed by atoms with Crippen molar-refractivity contribution >= 4 is 17.5 Å². The number of quaternary nitrogens is 1. The van der Waals surface area contributed by atoms with Crippen molar-refractivity contribution in [2.24, 2.45) is 0 Å². The summed E-state index contributed by atoms with van der Waals surface area (Å²) in [7, 11) is 0. The molecule has 5 heteroatoms. The Bertz CT molecular complexity index is 781. The minimum atomic E-state index is 0.0246. The van der Waals surface area contributed by atoms with Gasteiger partial charge in [-0.05, 0) is 43.2 Å². The minimum Gasteiger partial charge on any atom is -0.327 e. The van der Waals surface area contributed by atoms with Gasteiger partial charge in [0, 0.05) is 11.3 Å². The van der Waals surface area contributed by atoms with E-state index < -0.39 is 0 Å². The molecule has 0 radical (unpaired) electrons. The maximum Gasteiger partial charge on any atom is 0.279 e. The van der Waals surface area contributed by atoms with Crippen LogP contribution in [0.4, 0.5) is 5.69 Å². The predicted molar refractivity (Wildman–Crippen MR) is 102 cm³/mol. The first-order chi connectivity index (χ1) is 12.5. The first kappa shape index (κ1) is 18.1. The molecule has 26 heavy (non-hydrogen) atoms. The number of nitrogens with one attached hydrogen (secondary N) is 2. The Labute approximate surface area is 154 Å². The third-order valence-corrected chi connectivity index (χ3v) is 4.86. The van der Waals surface area contributed by atoms with Crippen LogP contribution in [-0.4, -0.2) is 49.4 Å². The van der Waals surface area contributed by atoms with Gasteiger partial charge in [-0.3, -0.25) is 9.59 Å². The monoisotopic (exact) mass is 352 g/mol. The first-order valence-electron chi connectivity index (χ1n) is 9.08. The van der Waals surface area contributed by atoms with Gasteiger partial charge in [0.15, 0.2) is 6.54 Å². The molecule has 1 saturated heterocycles. The Morgan fingerprint density at radius 1 is 1.04 bits per heavy atom. The fourth-order valence-electron chi connectivity index (χ4n) is 3.26. The zero-order chi connectivity index (χ0) is 18.5. The highest BCUT2D eigenvalue weighted by Gasteiger charge is 2.25. The molecule has 0 bridgehead atoms. The summed E-state index contributed by atoms with van der Waals surface area (Å²) in [6.45, 7) is 7.39. The van der Waals surface area contributed by atoms with Crippen molar-refractivity contribution in [3.8, 4) is 0 Å². The van der Waals surface area contributed by atoms with E-state index in [1.165, 1.54) is 4.90 Å². The summed E-state index contributed by atoms with van der Waals surface area (Å²) in [5.74, 6) is 0.0982. The third kappa shape index (κ3) is 4.49. The van der Waals surface area contributed by atoms with Gasteiger partial charge < -0.3 is 15.1 Å². The van der Waals surface area contributed by atoms with Crippen molar-refractivity contribution in [1.29, 1.82) is 0 Å². The van der Waals surface area contributed by atoms with Gasteiger partial charge in [0.25, 0.3) is 11.8 Å². The van der Waals surface area contributed by atoms with Crippen molar-refractivity contribution in [2.75, 3.05) is 38.0 Å². The summed E-state index contributed by atoms with van der Waals surface area (Å²) in [6, 6.07) is 15.4. The molecule has 0 aromatic heterocycles. The number of nitrogens with zero attached hydrogens (tertiary/aromatic N) is 1. The molecule has 1 aliphatic rings. The van der Waals surface area contributed by atoms with Crippen LogP contribution in [0.25, 0.3) is 0 Å². The van der Waals surface area contributed by atoms with Crippen LogP contribution in [0.3, 0.4) is 0 Å². The van der Waals surface area contributed by atoms with Crippen LogP contribution in [0.1, 0.15) is 21.5 Å². The van der Waals surface area contributed by atoms with E-state index in [-0.39, 0.29) is 11.8 Å². The maximum atomic E-state index is 12.5. The quantitative estimate of drug-likeness (QED) is 0.871. The SMILES string of the molecule is Cc1ccc(C)c(NC(=O)C[NH+]2CCN(C(=O)c3ccccc3)CC2)c1. The van der Waals surface area contributed by atoms with Gasteiger partial charge in [-0.1, -0.05) is 30.3 Å². The third-order valence-electron chi connectivity index (χ3n) is 4.86. The Morgan fingerprint density at radius 2 is 1.73 bits per heavy atom. The molecule has 0 saturated carbocycles. The van der Waals surface area contributed by atoms with E-state index in [0.29, 0.717) is 19.6 Å². The van der Waals surface area contributed by atoms with Gasteiger partial charge >= 0.3 is 0 Å². The molecular formula is C21H26N3O2+. The molecule has 2 amide bonds. The van der Waals surface area contributed by atoms with Gasteiger partial charge in [-0.15, -0.1) is 0 Å². The summed E-state index contributed by atoms with van der Waals surface area (Å²) in [6.07, 6.45) is 0. The first-order valence-corrected chi connectivity index (χ1v) is 9.08. The maximum absolute atomic E-state index is 12.5. The van der Waals surface area contributed by atoms with Crippen molar-refractivity contribution in [1.82, 2.24) is 4.90 Å². The molecule has 2 aromatic rings. The molecule has 1 aliphatic heterocycles. The molecule has 5 nitrogen and oxygen atoms in total. The lowest BCUT2D eigenvalue weighted by molar-refractivity contribution is -0.895. The van der Waals surface area contributed by atoms with E-state index in [1.54, 1.807) is 0 Å². The molecule has 2 N–H and O–H groups in total. The van der Waals surface area contributed by atoms with Crippen molar-refractivity contribution in [3.63, 3.8) is 0 Å². The number of benzene rings is 2. The molecule has 0 unspecified atom stereocenters. The molecule has 1 heterocycles. The van der Waals surface area contributed by atoms with Gasteiger partial charge in [0.05, 0.1) is 26.2 Å². The minimum absolute atomic E-state index is 0.0246. The fourth-order valence-corrected chi connectivity index (χ4v) is 3.26. The Hall–Kier alpha value is -2.66. The molecule has 0 aliphatic carbocycles. The van der Waals surface area contributed by atoms with Gasteiger partial charge in [-0.25, -0.2) is 0 Å². The lowest BCUT2D eigenvalue weighted by Gasteiger charge is -2.32. The van der Waals surface area contributed by atoms with Crippen LogP contribution >= 0.6 is 0 Å². The second kappa shape index (κ2) is 8.15. The van der Waals surface area contributed by atoms with Crippen LogP contribution in [0.5, 0.6) is 0 Å². The molecule has 0 spiro atoms. The summed E-state index contributed by atoms with van der Waals surface area (Å²) >= 11 is 0. The Morgan fingerprint density at radius 3 is 2.42 bits per heavy atom. The summed E-state index contributed by atoms with van der Waals surface area (Å²) < 4.78 is 0. The Balaban J connectivity index is 1.50. The zero-order valence-electron chi connectivity index (χ0n) is 15.4. The number of rotatable bonds is 4. The highest BCUT2D eigenvalue weighted by Crippen LogP contribution is 2.15. The lowest BCUT2D eigenvalue weighted by Crippen LogP contribution is -3.15. The molecule has 2 aromatic carbocycles. The van der Waals surface area contributed by atoms with Gasteiger partial charge in [0.2, 0.25) is 0 Å². The van der Waals surface area contributed by atoms with Crippen LogP contribution in [0.2, 0.25) is 0 Å². The smallest absolute Gasteiger partial charge is 0.279 e. The summed E-state index contributed by atoms with van der Waals surface area (Å²) in [5, 5.41) is 3.02. The van der Waals surface area contributed by atoms with Crippen LogP contribution in [0.15, 0.2) is 48.5 Å². The predicted octanol–water partition coefficient (Wildman–Crippen LogP) is 1.28. The highest BCUT2D eigenvalue weighted by molar-refractivity contribution is 5.94. The average Bonchev–Trinajstić information content (AvgIpc) is 2.65. The largest absolute Gasteiger partial charge is 0.327 e. The van der Waals surface area contributed by atoms with Crippen molar-refractivity contribution < 1.29 is 14.5 Å². The number of hydrogen-bond donors (Lipinski definition) is 2. The number of amides is 2. The number of carbonyl (C=O) groups is 2. The number of anilines is 1. The molecule has 0 atom stereocenters.